The summed E-state index contributed by atoms with van der Waals surface area (Å²) in [4.78, 5) is 42.5. The van der Waals surface area contributed by atoms with Crippen molar-refractivity contribution in [3.63, 3.8) is 0 Å². The van der Waals surface area contributed by atoms with Crippen LogP contribution in [0, 0.1) is 0 Å². The quantitative estimate of drug-likeness (QED) is 0.313. The van der Waals surface area contributed by atoms with Crippen LogP contribution in [0.5, 0.6) is 0 Å². The van der Waals surface area contributed by atoms with Crippen molar-refractivity contribution >= 4 is 52.3 Å². The van der Waals surface area contributed by atoms with Crippen LogP contribution in [-0.4, -0.2) is 45.0 Å². The molecule has 38 heavy (non-hydrogen) atoms. The van der Waals surface area contributed by atoms with Gasteiger partial charge in [0.15, 0.2) is 0 Å². The van der Waals surface area contributed by atoms with Crippen molar-refractivity contribution in [2.45, 2.75) is 31.8 Å². The van der Waals surface area contributed by atoms with E-state index in [1.165, 1.54) is 16.2 Å². The van der Waals surface area contributed by atoms with Crippen molar-refractivity contribution in [3.8, 4) is 11.3 Å². The van der Waals surface area contributed by atoms with Crippen molar-refractivity contribution in [2.24, 2.45) is 0 Å². The van der Waals surface area contributed by atoms with Crippen LogP contribution < -0.4 is 5.32 Å². The van der Waals surface area contributed by atoms with Gasteiger partial charge in [-0.1, -0.05) is 47.5 Å². The molecule has 0 aliphatic carbocycles. The van der Waals surface area contributed by atoms with Gasteiger partial charge >= 0.3 is 0 Å². The Bertz CT molecular complexity index is 1540. The number of fused-ring (bicyclic) bond motifs is 4. The molecule has 2 aromatic heterocycles. The van der Waals surface area contributed by atoms with E-state index in [1.54, 1.807) is 42.6 Å². The summed E-state index contributed by atoms with van der Waals surface area (Å²) < 4.78 is 1.88. The number of carbonyl (C=O) groups excluding carboxylic acids is 3. The normalized spacial score (nSPS) is 15.1. The first-order valence-electron chi connectivity index (χ1n) is 12.2. The fraction of sp³-hybridized carbons (Fsp3) is 0.214. The number of nitrogens with zero attached hydrogens (tertiary/aromatic N) is 3. The fourth-order valence-corrected chi connectivity index (χ4v) is 6.54. The molecule has 2 aliphatic rings. The van der Waals surface area contributed by atoms with Gasteiger partial charge in [0, 0.05) is 28.6 Å². The molecule has 0 unspecified atom stereocenters. The molecule has 0 spiro atoms. The second-order valence-electron chi connectivity index (χ2n) is 9.38. The molecule has 0 saturated carbocycles. The molecular weight excluding hydrogens is 543 g/mol. The van der Waals surface area contributed by atoms with Crippen LogP contribution in [0.2, 0.25) is 10.0 Å². The molecule has 4 heterocycles. The zero-order chi connectivity index (χ0) is 26.4. The highest BCUT2D eigenvalue weighted by Crippen LogP contribution is 2.38. The molecular formula is C28H22Cl2N4O3S. The molecule has 7 nitrogen and oxygen atoms in total. The predicted octanol–water partition coefficient (Wildman–Crippen LogP) is 5.50. The average Bonchev–Trinajstić information content (AvgIpc) is 3.52. The lowest BCUT2D eigenvalue weighted by molar-refractivity contribution is 0.0629. The van der Waals surface area contributed by atoms with E-state index >= 15 is 0 Å². The number of benzene rings is 2. The Morgan fingerprint density at radius 1 is 1.03 bits per heavy atom. The smallest absolute Gasteiger partial charge is 0.261 e. The van der Waals surface area contributed by atoms with Gasteiger partial charge in [-0.05, 0) is 55.2 Å². The van der Waals surface area contributed by atoms with Gasteiger partial charge in [0.25, 0.3) is 17.7 Å². The van der Waals surface area contributed by atoms with Crippen LogP contribution in [0.3, 0.4) is 0 Å². The van der Waals surface area contributed by atoms with E-state index in [1.807, 2.05) is 22.9 Å². The SMILES string of the molecule is O=C(N[C@@H](Cc1ccc(Cl)cc1)CN1C(=O)c2ccccc2C1=O)c1cc2c(s1)CCCn1ncc(Cl)c1-2. The van der Waals surface area contributed by atoms with E-state index < -0.39 is 6.04 Å². The Morgan fingerprint density at radius 3 is 2.45 bits per heavy atom. The standard InChI is InChI=1S/C28H22Cl2N4O3S/c29-17-9-7-16(8-10-17)12-18(15-33-27(36)19-4-1-2-5-20(19)28(33)37)32-26(35)24-13-21-23(38-24)6-3-11-34-25(21)22(30)14-31-34/h1-2,4-5,7-10,13-14,18H,3,6,11-12,15H2,(H,32,35)/t18-/m0/s1. The van der Waals surface area contributed by atoms with Gasteiger partial charge in [0.1, 0.15) is 0 Å². The monoisotopic (exact) mass is 564 g/mol. The maximum Gasteiger partial charge on any atom is 0.261 e. The number of hydrogen-bond acceptors (Lipinski definition) is 5. The number of aromatic nitrogens is 2. The number of nitrogens with one attached hydrogen (secondary N) is 1. The maximum atomic E-state index is 13.5. The summed E-state index contributed by atoms with van der Waals surface area (Å²) in [5.41, 5.74) is 3.44. The van der Waals surface area contributed by atoms with E-state index in [4.69, 9.17) is 23.2 Å². The van der Waals surface area contributed by atoms with Gasteiger partial charge in [-0.25, -0.2) is 0 Å². The molecule has 6 rings (SSSR count). The zero-order valence-corrected chi connectivity index (χ0v) is 22.4. The van der Waals surface area contributed by atoms with Gasteiger partial charge in [-0.3, -0.25) is 24.0 Å². The second-order valence-corrected chi connectivity index (χ2v) is 11.4. The average molecular weight is 565 g/mol. The van der Waals surface area contributed by atoms with Gasteiger partial charge in [-0.15, -0.1) is 11.3 Å². The van der Waals surface area contributed by atoms with Crippen LogP contribution in [0.25, 0.3) is 11.3 Å². The van der Waals surface area contributed by atoms with Gasteiger partial charge in [-0.2, -0.15) is 5.10 Å². The molecule has 192 valence electrons. The number of thiophene rings is 1. The van der Waals surface area contributed by atoms with E-state index in [0.29, 0.717) is 32.5 Å². The Labute approximate surface area is 233 Å². The molecule has 10 heteroatoms. The summed E-state index contributed by atoms with van der Waals surface area (Å²) in [6, 6.07) is 15.4. The fourth-order valence-electron chi connectivity index (χ4n) is 5.06. The lowest BCUT2D eigenvalue weighted by Gasteiger charge is -2.24. The van der Waals surface area contributed by atoms with Crippen LogP contribution in [0.1, 0.15) is 47.2 Å². The van der Waals surface area contributed by atoms with E-state index in [0.717, 1.165) is 41.1 Å². The van der Waals surface area contributed by atoms with Gasteiger partial charge in [0.05, 0.1) is 39.0 Å². The Kier molecular flexibility index (Phi) is 6.55. The third kappa shape index (κ3) is 4.53. The molecule has 2 aliphatic heterocycles. The molecule has 0 radical (unpaired) electrons. The van der Waals surface area contributed by atoms with E-state index in [9.17, 15) is 14.4 Å². The number of aryl methyl sites for hydroxylation is 2. The van der Waals surface area contributed by atoms with Crippen molar-refractivity contribution < 1.29 is 14.4 Å². The first-order chi connectivity index (χ1) is 18.4. The lowest BCUT2D eigenvalue weighted by atomic mass is 10.0. The maximum absolute atomic E-state index is 13.5. The van der Waals surface area contributed by atoms with Gasteiger partial charge in [0.2, 0.25) is 0 Å². The lowest BCUT2D eigenvalue weighted by Crippen LogP contribution is -2.46. The first kappa shape index (κ1) is 24.9. The molecule has 0 bridgehead atoms. The highest BCUT2D eigenvalue weighted by molar-refractivity contribution is 7.14. The van der Waals surface area contributed by atoms with Crippen molar-refractivity contribution in [3.05, 3.63) is 97.3 Å². The number of rotatable bonds is 6. The molecule has 1 atom stereocenters. The molecule has 3 amide bonds. The second kappa shape index (κ2) is 10.0. The molecule has 0 fully saturated rings. The number of carbonyl (C=O) groups is 3. The minimum absolute atomic E-state index is 0.0460. The summed E-state index contributed by atoms with van der Waals surface area (Å²) in [5.74, 6) is -0.973. The Morgan fingerprint density at radius 2 is 1.74 bits per heavy atom. The van der Waals surface area contributed by atoms with Crippen molar-refractivity contribution in [2.75, 3.05) is 6.54 Å². The molecule has 0 saturated heterocycles. The predicted molar refractivity (Wildman–Crippen MR) is 147 cm³/mol. The van der Waals surface area contributed by atoms with Crippen LogP contribution in [0.15, 0.2) is 60.8 Å². The molecule has 1 N–H and O–H groups in total. The van der Waals surface area contributed by atoms with E-state index in [-0.39, 0.29) is 24.3 Å². The third-order valence-corrected chi connectivity index (χ3v) is 8.59. The number of halogens is 2. The highest BCUT2D eigenvalue weighted by atomic mass is 35.5. The third-order valence-electron chi connectivity index (χ3n) is 6.87. The highest BCUT2D eigenvalue weighted by Gasteiger charge is 2.37. The molecule has 2 aromatic carbocycles. The number of hydrogen-bond donors (Lipinski definition) is 1. The topological polar surface area (TPSA) is 84.3 Å². The minimum atomic E-state index is -0.512. The minimum Gasteiger partial charge on any atom is -0.346 e. The van der Waals surface area contributed by atoms with Crippen LogP contribution in [-0.2, 0) is 19.4 Å². The summed E-state index contributed by atoms with van der Waals surface area (Å²) in [6.07, 6.45) is 3.78. The summed E-state index contributed by atoms with van der Waals surface area (Å²) in [6.45, 7) is 0.818. The molecule has 4 aromatic rings. The summed E-state index contributed by atoms with van der Waals surface area (Å²) >= 11 is 13.9. The number of imide groups is 1. The summed E-state index contributed by atoms with van der Waals surface area (Å²) in [7, 11) is 0. The zero-order valence-electron chi connectivity index (χ0n) is 20.1. The number of amides is 3. The first-order valence-corrected chi connectivity index (χ1v) is 13.8. The largest absolute Gasteiger partial charge is 0.346 e. The Hall–Kier alpha value is -3.46. The van der Waals surface area contributed by atoms with Crippen molar-refractivity contribution in [1.29, 1.82) is 0 Å². The van der Waals surface area contributed by atoms with Crippen LogP contribution in [0.4, 0.5) is 0 Å². The Balaban J connectivity index is 1.28. The van der Waals surface area contributed by atoms with Crippen molar-refractivity contribution in [1.82, 2.24) is 20.0 Å². The van der Waals surface area contributed by atoms with E-state index in [2.05, 4.69) is 10.4 Å². The van der Waals surface area contributed by atoms with Crippen LogP contribution >= 0.6 is 34.5 Å². The summed E-state index contributed by atoms with van der Waals surface area (Å²) in [5, 5.41) is 8.62. The van der Waals surface area contributed by atoms with Gasteiger partial charge < -0.3 is 5.32 Å².